The van der Waals surface area contributed by atoms with E-state index < -0.39 is 0 Å². The fraction of sp³-hybridized carbons (Fsp3) is 1.00. The van der Waals surface area contributed by atoms with Crippen LogP contribution in [0.25, 0.3) is 0 Å². The van der Waals surface area contributed by atoms with Gasteiger partial charge in [0.2, 0.25) is 0 Å². The zero-order valence-electron chi connectivity index (χ0n) is 11.5. The summed E-state index contributed by atoms with van der Waals surface area (Å²) in [4.78, 5) is 0. The average Bonchev–Trinajstić information content (AvgIpc) is 3.16. The molecule has 0 amide bonds. The van der Waals surface area contributed by atoms with Crippen LogP contribution in [0, 0.1) is 11.8 Å². The third-order valence-electron chi connectivity index (χ3n) is 5.02. The van der Waals surface area contributed by atoms with E-state index in [2.05, 4.69) is 12.2 Å². The SMILES string of the molecule is CCC1CCCC(CN)(NCCC2CC2)CC1. The third kappa shape index (κ3) is 3.96. The molecule has 0 saturated heterocycles. The van der Waals surface area contributed by atoms with Crippen molar-refractivity contribution in [3.8, 4) is 0 Å². The molecule has 3 N–H and O–H groups in total. The van der Waals surface area contributed by atoms with E-state index in [1.165, 1.54) is 64.3 Å². The van der Waals surface area contributed by atoms with Crippen molar-refractivity contribution in [2.75, 3.05) is 13.1 Å². The first kappa shape index (κ1) is 13.4. The molecule has 2 unspecified atom stereocenters. The molecule has 0 heterocycles. The molecule has 100 valence electrons. The first-order valence-corrected chi connectivity index (χ1v) is 7.73. The maximum atomic E-state index is 6.06. The molecule has 2 saturated carbocycles. The summed E-state index contributed by atoms with van der Waals surface area (Å²) in [6.45, 7) is 4.35. The monoisotopic (exact) mass is 238 g/mol. The van der Waals surface area contributed by atoms with Crippen LogP contribution in [0.15, 0.2) is 0 Å². The van der Waals surface area contributed by atoms with Gasteiger partial charge in [-0.1, -0.05) is 39.0 Å². The molecule has 2 aliphatic rings. The topological polar surface area (TPSA) is 38.0 Å². The largest absolute Gasteiger partial charge is 0.329 e. The van der Waals surface area contributed by atoms with Crippen LogP contribution >= 0.6 is 0 Å². The van der Waals surface area contributed by atoms with E-state index in [-0.39, 0.29) is 5.54 Å². The molecule has 0 radical (unpaired) electrons. The Kier molecular flexibility index (Phi) is 4.87. The van der Waals surface area contributed by atoms with Crippen molar-refractivity contribution in [1.82, 2.24) is 5.32 Å². The molecule has 0 aliphatic heterocycles. The molecule has 2 rings (SSSR count). The van der Waals surface area contributed by atoms with Gasteiger partial charge in [-0.15, -0.1) is 0 Å². The van der Waals surface area contributed by atoms with E-state index in [1.54, 1.807) is 0 Å². The van der Waals surface area contributed by atoms with E-state index >= 15 is 0 Å². The lowest BCUT2D eigenvalue weighted by Gasteiger charge is -2.33. The van der Waals surface area contributed by atoms with Gasteiger partial charge in [-0.3, -0.25) is 0 Å². The Morgan fingerprint density at radius 3 is 2.59 bits per heavy atom. The van der Waals surface area contributed by atoms with Crippen LogP contribution in [-0.4, -0.2) is 18.6 Å². The predicted molar refractivity (Wildman–Crippen MR) is 74.0 cm³/mol. The number of hydrogen-bond donors (Lipinski definition) is 2. The van der Waals surface area contributed by atoms with Gasteiger partial charge in [0, 0.05) is 12.1 Å². The van der Waals surface area contributed by atoms with E-state index in [0.717, 1.165) is 18.4 Å². The smallest absolute Gasteiger partial charge is 0.0304 e. The molecular weight excluding hydrogens is 208 g/mol. The van der Waals surface area contributed by atoms with Gasteiger partial charge in [-0.25, -0.2) is 0 Å². The summed E-state index contributed by atoms with van der Waals surface area (Å²) in [7, 11) is 0. The minimum Gasteiger partial charge on any atom is -0.329 e. The van der Waals surface area contributed by atoms with Gasteiger partial charge in [0.1, 0.15) is 0 Å². The van der Waals surface area contributed by atoms with Crippen molar-refractivity contribution >= 4 is 0 Å². The van der Waals surface area contributed by atoms with Crippen molar-refractivity contribution in [2.24, 2.45) is 17.6 Å². The normalized spacial score (nSPS) is 34.6. The molecule has 0 aromatic carbocycles. The second-order valence-corrected chi connectivity index (χ2v) is 6.35. The highest BCUT2D eigenvalue weighted by atomic mass is 15.0. The summed E-state index contributed by atoms with van der Waals surface area (Å²) < 4.78 is 0. The number of hydrogen-bond acceptors (Lipinski definition) is 2. The summed E-state index contributed by atoms with van der Waals surface area (Å²) >= 11 is 0. The summed E-state index contributed by atoms with van der Waals surface area (Å²) in [5, 5.41) is 3.82. The van der Waals surface area contributed by atoms with Gasteiger partial charge >= 0.3 is 0 Å². The van der Waals surface area contributed by atoms with Gasteiger partial charge in [-0.05, 0) is 44.1 Å². The molecule has 0 bridgehead atoms. The first-order valence-electron chi connectivity index (χ1n) is 7.73. The van der Waals surface area contributed by atoms with Crippen molar-refractivity contribution in [3.63, 3.8) is 0 Å². The molecular formula is C15H30N2. The Bertz CT molecular complexity index is 225. The van der Waals surface area contributed by atoms with Crippen molar-refractivity contribution in [3.05, 3.63) is 0 Å². The standard InChI is InChI=1S/C15H30N2/c1-2-13-4-3-9-15(12-16,10-7-13)17-11-8-14-5-6-14/h13-14,17H,2-12,16H2,1H3. The summed E-state index contributed by atoms with van der Waals surface area (Å²) in [5.74, 6) is 1.99. The molecule has 0 spiro atoms. The second-order valence-electron chi connectivity index (χ2n) is 6.35. The lowest BCUT2D eigenvalue weighted by molar-refractivity contribution is 0.285. The first-order chi connectivity index (χ1) is 8.28. The predicted octanol–water partition coefficient (Wildman–Crippen LogP) is 3.06. The Hall–Kier alpha value is -0.0800. The zero-order chi connectivity index (χ0) is 12.1. The lowest BCUT2D eigenvalue weighted by atomic mass is 9.89. The van der Waals surface area contributed by atoms with Crippen LogP contribution in [0.2, 0.25) is 0 Å². The van der Waals surface area contributed by atoms with E-state index in [4.69, 9.17) is 5.73 Å². The van der Waals surface area contributed by atoms with Gasteiger partial charge in [0.25, 0.3) is 0 Å². The quantitative estimate of drug-likeness (QED) is 0.698. The fourth-order valence-corrected chi connectivity index (χ4v) is 3.29. The Balaban J connectivity index is 1.79. The minimum atomic E-state index is 0.277. The molecule has 0 aromatic heterocycles. The maximum absolute atomic E-state index is 6.06. The van der Waals surface area contributed by atoms with Crippen LogP contribution in [-0.2, 0) is 0 Å². The van der Waals surface area contributed by atoms with E-state index in [0.29, 0.717) is 0 Å². The van der Waals surface area contributed by atoms with E-state index in [1.807, 2.05) is 0 Å². The van der Waals surface area contributed by atoms with Gasteiger partial charge in [-0.2, -0.15) is 0 Å². The van der Waals surface area contributed by atoms with Gasteiger partial charge in [0.05, 0.1) is 0 Å². The summed E-state index contributed by atoms with van der Waals surface area (Å²) in [6, 6.07) is 0. The number of nitrogens with two attached hydrogens (primary N) is 1. The fourth-order valence-electron chi connectivity index (χ4n) is 3.29. The highest BCUT2D eigenvalue weighted by molar-refractivity contribution is 4.92. The Morgan fingerprint density at radius 1 is 1.12 bits per heavy atom. The van der Waals surface area contributed by atoms with Crippen LogP contribution in [0.4, 0.5) is 0 Å². The minimum absolute atomic E-state index is 0.277. The highest BCUT2D eigenvalue weighted by Crippen LogP contribution is 2.34. The molecule has 2 fully saturated rings. The number of rotatable bonds is 6. The number of nitrogens with one attached hydrogen (secondary N) is 1. The molecule has 2 aliphatic carbocycles. The van der Waals surface area contributed by atoms with Gasteiger partial charge in [0.15, 0.2) is 0 Å². The van der Waals surface area contributed by atoms with Crippen molar-refractivity contribution < 1.29 is 0 Å². The molecule has 2 heteroatoms. The molecule has 2 nitrogen and oxygen atoms in total. The van der Waals surface area contributed by atoms with Crippen molar-refractivity contribution in [1.29, 1.82) is 0 Å². The summed E-state index contributed by atoms with van der Waals surface area (Å²) in [5.41, 5.74) is 6.34. The van der Waals surface area contributed by atoms with E-state index in [9.17, 15) is 0 Å². The third-order valence-corrected chi connectivity index (χ3v) is 5.02. The van der Waals surface area contributed by atoms with Crippen LogP contribution in [0.3, 0.4) is 0 Å². The zero-order valence-corrected chi connectivity index (χ0v) is 11.5. The van der Waals surface area contributed by atoms with Crippen molar-refractivity contribution in [2.45, 2.75) is 70.3 Å². The highest BCUT2D eigenvalue weighted by Gasteiger charge is 2.31. The molecule has 17 heavy (non-hydrogen) atoms. The second kappa shape index (κ2) is 6.19. The van der Waals surface area contributed by atoms with Crippen LogP contribution in [0.5, 0.6) is 0 Å². The Morgan fingerprint density at radius 2 is 1.94 bits per heavy atom. The van der Waals surface area contributed by atoms with Gasteiger partial charge < -0.3 is 11.1 Å². The molecule has 0 aromatic rings. The molecule has 2 atom stereocenters. The van der Waals surface area contributed by atoms with Crippen LogP contribution < -0.4 is 11.1 Å². The lowest BCUT2D eigenvalue weighted by Crippen LogP contribution is -2.51. The summed E-state index contributed by atoms with van der Waals surface area (Å²) in [6.07, 6.45) is 12.4. The Labute approximate surface area is 107 Å². The van der Waals surface area contributed by atoms with Crippen LogP contribution in [0.1, 0.15) is 64.7 Å². The average molecular weight is 238 g/mol. The maximum Gasteiger partial charge on any atom is 0.0304 e.